The van der Waals surface area contributed by atoms with Crippen LogP contribution in [0, 0.1) is 17.3 Å². The van der Waals surface area contributed by atoms with E-state index in [1.807, 2.05) is 12.1 Å². The van der Waals surface area contributed by atoms with Gasteiger partial charge in [-0.3, -0.25) is 0 Å². The maximum atomic E-state index is 6.07. The molecule has 0 radical (unpaired) electrons. The fourth-order valence-electron chi connectivity index (χ4n) is 3.47. The molecule has 0 aliphatic heterocycles. The lowest BCUT2D eigenvalue weighted by molar-refractivity contribution is 0.148. The molecule has 0 aromatic heterocycles. The topological polar surface area (TPSA) is 12.0 Å². The molecule has 1 aromatic rings. The Morgan fingerprint density at radius 2 is 1.86 bits per heavy atom. The third kappa shape index (κ3) is 5.00. The number of nitrogens with one attached hydrogen (secondary N) is 1. The third-order valence-corrected chi connectivity index (χ3v) is 5.37. The minimum Gasteiger partial charge on any atom is -0.310 e. The highest BCUT2D eigenvalue weighted by Gasteiger charge is 2.29. The normalized spacial score (nSPS) is 24.8. The summed E-state index contributed by atoms with van der Waals surface area (Å²) in [6, 6.07) is 8.56. The second-order valence-electron chi connectivity index (χ2n) is 7.77. The van der Waals surface area contributed by atoms with Crippen LogP contribution in [0.2, 0.25) is 5.02 Å². The van der Waals surface area contributed by atoms with Gasteiger partial charge in [-0.25, -0.2) is 0 Å². The molecule has 0 amide bonds. The summed E-state index contributed by atoms with van der Waals surface area (Å²) in [5.74, 6) is 1.74. The summed E-state index contributed by atoms with van der Waals surface area (Å²) in [6.45, 7) is 10.5. The molecule has 118 valence electrons. The molecule has 2 heteroatoms. The molecule has 2 rings (SSSR count). The molecular formula is C19H30ClN. The number of hydrogen-bond donors (Lipinski definition) is 1. The molecule has 0 heterocycles. The Morgan fingerprint density at radius 3 is 2.43 bits per heavy atom. The first-order valence-electron chi connectivity index (χ1n) is 8.35. The van der Waals surface area contributed by atoms with Crippen LogP contribution in [0.5, 0.6) is 0 Å². The van der Waals surface area contributed by atoms with Crippen molar-refractivity contribution in [3.63, 3.8) is 0 Å². The van der Waals surface area contributed by atoms with E-state index in [1.165, 1.54) is 31.2 Å². The van der Waals surface area contributed by atoms with Crippen molar-refractivity contribution in [1.29, 1.82) is 0 Å². The first kappa shape index (κ1) is 16.8. The van der Waals surface area contributed by atoms with Gasteiger partial charge in [0.2, 0.25) is 0 Å². The van der Waals surface area contributed by atoms with E-state index >= 15 is 0 Å². The van der Waals surface area contributed by atoms with E-state index in [0.717, 1.165) is 23.4 Å². The smallest absolute Gasteiger partial charge is 0.0409 e. The summed E-state index contributed by atoms with van der Waals surface area (Å²) in [5, 5.41) is 4.52. The van der Waals surface area contributed by atoms with Gasteiger partial charge < -0.3 is 5.32 Å². The van der Waals surface area contributed by atoms with Gasteiger partial charge in [0, 0.05) is 11.1 Å². The predicted molar refractivity (Wildman–Crippen MR) is 92.8 cm³/mol. The van der Waals surface area contributed by atoms with Gasteiger partial charge in [0.15, 0.2) is 0 Å². The van der Waals surface area contributed by atoms with E-state index in [2.05, 4.69) is 45.1 Å². The quantitative estimate of drug-likeness (QED) is 0.736. The summed E-state index contributed by atoms with van der Waals surface area (Å²) >= 11 is 6.07. The van der Waals surface area contributed by atoms with Crippen LogP contribution in [-0.4, -0.2) is 6.54 Å². The van der Waals surface area contributed by atoms with E-state index in [1.54, 1.807) is 0 Å². The molecule has 1 aromatic carbocycles. The van der Waals surface area contributed by atoms with E-state index in [0.29, 0.717) is 11.5 Å². The second kappa shape index (κ2) is 7.15. The van der Waals surface area contributed by atoms with Crippen LogP contribution in [0.4, 0.5) is 0 Å². The number of rotatable bonds is 4. The summed E-state index contributed by atoms with van der Waals surface area (Å²) in [6.07, 6.45) is 5.52. The van der Waals surface area contributed by atoms with Crippen LogP contribution in [0.15, 0.2) is 24.3 Å². The molecule has 1 N–H and O–H groups in total. The highest BCUT2D eigenvalue weighted by Crippen LogP contribution is 2.39. The van der Waals surface area contributed by atoms with Crippen LogP contribution in [-0.2, 0) is 0 Å². The van der Waals surface area contributed by atoms with Crippen molar-refractivity contribution in [3.8, 4) is 0 Å². The Hall–Kier alpha value is -0.530. The molecule has 0 saturated heterocycles. The fourth-order valence-corrected chi connectivity index (χ4v) is 3.67. The van der Waals surface area contributed by atoms with E-state index in [9.17, 15) is 0 Å². The van der Waals surface area contributed by atoms with Crippen molar-refractivity contribution in [3.05, 3.63) is 34.9 Å². The van der Waals surface area contributed by atoms with Crippen molar-refractivity contribution in [2.24, 2.45) is 17.3 Å². The number of hydrogen-bond acceptors (Lipinski definition) is 1. The zero-order valence-electron chi connectivity index (χ0n) is 14.0. The molecule has 1 nitrogen and oxygen atoms in total. The fraction of sp³-hybridized carbons (Fsp3) is 0.684. The van der Waals surface area contributed by atoms with E-state index < -0.39 is 0 Å². The monoisotopic (exact) mass is 307 g/mol. The maximum absolute atomic E-state index is 6.07. The van der Waals surface area contributed by atoms with Gasteiger partial charge in [-0.15, -0.1) is 0 Å². The second-order valence-corrected chi connectivity index (χ2v) is 8.21. The summed E-state index contributed by atoms with van der Waals surface area (Å²) in [5.41, 5.74) is 1.76. The SMILES string of the molecule is CC(NCC1CCC(C(C)(C)C)CC1)c1cccc(Cl)c1. The predicted octanol–water partition coefficient (Wildman–Crippen LogP) is 5.84. The number of halogens is 1. The Bertz CT molecular complexity index is 441. The molecule has 1 saturated carbocycles. The van der Waals surface area contributed by atoms with Gasteiger partial charge in [0.05, 0.1) is 0 Å². The third-order valence-electron chi connectivity index (χ3n) is 5.13. The summed E-state index contributed by atoms with van der Waals surface area (Å²) in [4.78, 5) is 0. The molecule has 1 aliphatic carbocycles. The van der Waals surface area contributed by atoms with Gasteiger partial charge in [-0.1, -0.05) is 44.5 Å². The largest absolute Gasteiger partial charge is 0.310 e. The lowest BCUT2D eigenvalue weighted by atomic mass is 9.70. The van der Waals surface area contributed by atoms with Crippen molar-refractivity contribution < 1.29 is 0 Å². The van der Waals surface area contributed by atoms with Crippen molar-refractivity contribution in [1.82, 2.24) is 5.32 Å². The average molecular weight is 308 g/mol. The molecule has 0 spiro atoms. The minimum absolute atomic E-state index is 0.379. The standard InChI is InChI=1S/C19H30ClN/c1-14(16-6-5-7-18(20)12-16)21-13-15-8-10-17(11-9-15)19(2,3)4/h5-7,12,14-15,17,21H,8-11,13H2,1-4H3. The minimum atomic E-state index is 0.379. The highest BCUT2D eigenvalue weighted by atomic mass is 35.5. The molecule has 21 heavy (non-hydrogen) atoms. The van der Waals surface area contributed by atoms with Crippen LogP contribution in [0.3, 0.4) is 0 Å². The molecule has 0 bridgehead atoms. The van der Waals surface area contributed by atoms with Crippen molar-refractivity contribution >= 4 is 11.6 Å². The Balaban J connectivity index is 1.77. The lowest BCUT2D eigenvalue weighted by Gasteiger charge is -2.37. The highest BCUT2D eigenvalue weighted by molar-refractivity contribution is 6.30. The van der Waals surface area contributed by atoms with Gasteiger partial charge >= 0.3 is 0 Å². The number of benzene rings is 1. The zero-order chi connectivity index (χ0) is 15.5. The summed E-state index contributed by atoms with van der Waals surface area (Å²) in [7, 11) is 0. The van der Waals surface area contributed by atoms with Crippen LogP contribution >= 0.6 is 11.6 Å². The average Bonchev–Trinajstić information content (AvgIpc) is 2.44. The Labute approximate surface area is 135 Å². The Morgan fingerprint density at radius 1 is 1.19 bits per heavy atom. The van der Waals surface area contributed by atoms with Crippen LogP contribution in [0.25, 0.3) is 0 Å². The molecular weight excluding hydrogens is 278 g/mol. The Kier molecular flexibility index (Phi) is 5.73. The summed E-state index contributed by atoms with van der Waals surface area (Å²) < 4.78 is 0. The molecule has 1 fully saturated rings. The first-order valence-corrected chi connectivity index (χ1v) is 8.73. The van der Waals surface area contributed by atoms with Gasteiger partial charge in [0.25, 0.3) is 0 Å². The van der Waals surface area contributed by atoms with Crippen molar-refractivity contribution in [2.75, 3.05) is 6.54 Å². The van der Waals surface area contributed by atoms with Crippen molar-refractivity contribution in [2.45, 2.75) is 59.4 Å². The van der Waals surface area contributed by atoms with E-state index in [-0.39, 0.29) is 0 Å². The lowest BCUT2D eigenvalue weighted by Crippen LogP contribution is -2.31. The van der Waals surface area contributed by atoms with Gasteiger partial charge in [-0.05, 0) is 74.1 Å². The molecule has 1 aliphatic rings. The van der Waals surface area contributed by atoms with E-state index in [4.69, 9.17) is 11.6 Å². The van der Waals surface area contributed by atoms with Gasteiger partial charge in [-0.2, -0.15) is 0 Å². The van der Waals surface area contributed by atoms with Crippen LogP contribution in [0.1, 0.15) is 65.0 Å². The zero-order valence-corrected chi connectivity index (χ0v) is 14.7. The van der Waals surface area contributed by atoms with Gasteiger partial charge in [0.1, 0.15) is 0 Å². The first-order chi connectivity index (χ1) is 9.86. The molecule has 1 atom stereocenters. The molecule has 1 unspecified atom stereocenters. The van der Waals surface area contributed by atoms with Crippen LogP contribution < -0.4 is 5.32 Å². The maximum Gasteiger partial charge on any atom is 0.0409 e.